The minimum Gasteiger partial charge on any atom is -0.398 e. The van der Waals surface area contributed by atoms with Crippen molar-refractivity contribution in [2.45, 2.75) is 26.7 Å². The molecule has 0 aliphatic rings. The minimum absolute atomic E-state index is 0.0604. The van der Waals surface area contributed by atoms with Crippen LogP contribution in [0, 0.1) is 10.2 Å². The van der Waals surface area contributed by atoms with Gasteiger partial charge in [0.2, 0.25) is 0 Å². The van der Waals surface area contributed by atoms with Crippen LogP contribution in [0.15, 0.2) is 12.1 Å². The molecule has 0 heterocycles. The largest absolute Gasteiger partial charge is 0.398 e. The van der Waals surface area contributed by atoms with E-state index >= 15 is 0 Å². The van der Waals surface area contributed by atoms with Crippen molar-refractivity contribution in [2.24, 2.45) is 0 Å². The molecule has 1 aromatic rings. The average molecular weight is 248 g/mol. The van der Waals surface area contributed by atoms with Gasteiger partial charge in [0, 0.05) is 11.3 Å². The number of rotatable bonds is 4. The Hall–Kier alpha value is -1.01. The summed E-state index contributed by atoms with van der Waals surface area (Å²) in [7, 11) is -4.46. The maximum Gasteiger partial charge on any atom is 0.291 e. The van der Waals surface area contributed by atoms with Gasteiger partial charge in [0.1, 0.15) is 10.2 Å². The molecular weight excluding hydrogens is 234 g/mol. The fourth-order valence-electron chi connectivity index (χ4n) is 1.67. The number of nitrogen functional groups attached to an aromatic ring is 1. The highest BCUT2D eigenvalue weighted by atomic mass is 35.7. The van der Waals surface area contributed by atoms with Gasteiger partial charge in [0.25, 0.3) is 5.75 Å². The van der Waals surface area contributed by atoms with Crippen LogP contribution in [0.4, 0.5) is 5.69 Å². The monoisotopic (exact) mass is 247 g/mol. The van der Waals surface area contributed by atoms with Crippen LogP contribution in [0.2, 0.25) is 0 Å². The zero-order chi connectivity index (χ0) is 12.3. The molecule has 16 heavy (non-hydrogen) atoms. The fraction of sp³-hybridized carbons (Fsp3) is 0.400. The number of benzene rings is 1. The molecular formula is C10H14ClNO4. The highest BCUT2D eigenvalue weighted by Crippen LogP contribution is 2.29. The molecule has 2 N–H and O–H groups in total. The molecule has 0 aliphatic carbocycles. The van der Waals surface area contributed by atoms with Crippen LogP contribution in [0.25, 0.3) is 0 Å². The summed E-state index contributed by atoms with van der Waals surface area (Å²) in [5.41, 5.74) is 7.81. The van der Waals surface area contributed by atoms with Crippen LogP contribution in [-0.2, 0) is 12.8 Å². The molecule has 1 rings (SSSR count). The van der Waals surface area contributed by atoms with Crippen LogP contribution in [0.1, 0.15) is 25.0 Å². The SMILES string of the molecule is CCc1c(N)ccc(O[Cl+3]([O-])([O-])[O-])c1CC. The third-order valence-corrected chi connectivity index (χ3v) is 2.66. The molecule has 0 unspecified atom stereocenters. The van der Waals surface area contributed by atoms with Crippen molar-refractivity contribution in [1.29, 1.82) is 0 Å². The summed E-state index contributed by atoms with van der Waals surface area (Å²) < 4.78 is 35.9. The van der Waals surface area contributed by atoms with E-state index in [4.69, 9.17) is 5.73 Å². The van der Waals surface area contributed by atoms with E-state index in [9.17, 15) is 14.0 Å². The van der Waals surface area contributed by atoms with Gasteiger partial charge in [-0.15, -0.1) is 0 Å². The summed E-state index contributed by atoms with van der Waals surface area (Å²) in [6.45, 7) is 3.74. The molecule has 90 valence electrons. The normalized spacial score (nSPS) is 11.6. The Kier molecular flexibility index (Phi) is 3.98. The van der Waals surface area contributed by atoms with Crippen LogP contribution >= 0.6 is 0 Å². The molecule has 0 saturated carbocycles. The maximum atomic E-state index is 10.5. The first-order chi connectivity index (χ1) is 7.39. The predicted molar refractivity (Wildman–Crippen MR) is 50.2 cm³/mol. The lowest BCUT2D eigenvalue weighted by Gasteiger charge is -2.16. The molecule has 0 bridgehead atoms. The second-order valence-corrected chi connectivity index (χ2v) is 4.18. The third kappa shape index (κ3) is 2.99. The van der Waals surface area contributed by atoms with E-state index in [0.717, 1.165) is 5.56 Å². The Morgan fingerprint density at radius 1 is 1.12 bits per heavy atom. The van der Waals surface area contributed by atoms with Crippen LogP contribution < -0.4 is 24.0 Å². The number of nitrogens with two attached hydrogens (primary N) is 1. The summed E-state index contributed by atoms with van der Waals surface area (Å²) in [5, 5.41) is 0. The highest BCUT2D eigenvalue weighted by Gasteiger charge is 2.24. The van der Waals surface area contributed by atoms with Crippen molar-refractivity contribution in [2.75, 3.05) is 5.73 Å². The van der Waals surface area contributed by atoms with E-state index in [1.54, 1.807) is 0 Å². The molecule has 0 aliphatic heterocycles. The van der Waals surface area contributed by atoms with E-state index in [0.29, 0.717) is 24.1 Å². The molecule has 0 radical (unpaired) electrons. The van der Waals surface area contributed by atoms with Gasteiger partial charge in [-0.3, -0.25) is 0 Å². The van der Waals surface area contributed by atoms with Gasteiger partial charge in [-0.1, -0.05) is 18.1 Å². The Labute approximate surface area is 96.2 Å². The zero-order valence-electron chi connectivity index (χ0n) is 9.16. The van der Waals surface area contributed by atoms with Crippen molar-refractivity contribution in [3.05, 3.63) is 23.3 Å². The Morgan fingerprint density at radius 3 is 2.12 bits per heavy atom. The van der Waals surface area contributed by atoms with Gasteiger partial charge in [-0.25, -0.2) is 0 Å². The van der Waals surface area contributed by atoms with Crippen LogP contribution in [0.3, 0.4) is 0 Å². The van der Waals surface area contributed by atoms with Gasteiger partial charge >= 0.3 is 0 Å². The second kappa shape index (κ2) is 4.88. The minimum atomic E-state index is -4.46. The second-order valence-electron chi connectivity index (χ2n) is 3.27. The van der Waals surface area contributed by atoms with Gasteiger partial charge in [-0.05, 0) is 30.5 Å². The molecule has 0 fully saturated rings. The Balaban J connectivity index is 3.19. The smallest absolute Gasteiger partial charge is 0.291 e. The molecule has 1 aromatic carbocycles. The molecule has 0 amide bonds. The molecule has 6 heteroatoms. The molecule has 5 nitrogen and oxygen atoms in total. The first kappa shape index (κ1) is 13.1. The average Bonchev–Trinajstić information content (AvgIpc) is 2.18. The van der Waals surface area contributed by atoms with E-state index in [1.165, 1.54) is 12.1 Å². The van der Waals surface area contributed by atoms with Gasteiger partial charge in [0.05, 0.1) is 0 Å². The molecule has 0 atom stereocenters. The number of hydrogen-bond donors (Lipinski definition) is 1. The summed E-state index contributed by atoms with van der Waals surface area (Å²) in [5.74, 6) is 0.0604. The Morgan fingerprint density at radius 2 is 1.69 bits per heavy atom. The quantitative estimate of drug-likeness (QED) is 0.664. The van der Waals surface area contributed by atoms with Gasteiger partial charge in [0.15, 0.2) is 0 Å². The standard InChI is InChI=1S/C10H14ClNO4/c1-3-7-8(4-2)10(6-5-9(7)12)16-11(13,14)15/h5-6H,3-4,12H2,1-2H3. The summed E-state index contributed by atoms with van der Waals surface area (Å²) >= 11 is 0. The van der Waals surface area contributed by atoms with Crippen molar-refractivity contribution in [3.63, 3.8) is 0 Å². The molecule has 0 aromatic heterocycles. The maximum absolute atomic E-state index is 10.5. The van der Waals surface area contributed by atoms with E-state index < -0.39 is 10.2 Å². The van der Waals surface area contributed by atoms with Crippen LogP contribution in [-0.4, -0.2) is 0 Å². The Bertz CT molecular complexity index is 376. The summed E-state index contributed by atoms with van der Waals surface area (Å²) in [6.07, 6.45) is 1.20. The lowest BCUT2D eigenvalue weighted by atomic mass is 10.0. The van der Waals surface area contributed by atoms with E-state index in [-0.39, 0.29) is 5.75 Å². The van der Waals surface area contributed by atoms with Crippen molar-refractivity contribution < 1.29 is 28.5 Å². The highest BCUT2D eigenvalue weighted by molar-refractivity contribution is 5.56. The van der Waals surface area contributed by atoms with Gasteiger partial charge in [-0.2, -0.15) is 14.0 Å². The van der Waals surface area contributed by atoms with Crippen molar-refractivity contribution in [3.8, 4) is 5.75 Å². The fourth-order valence-corrected chi connectivity index (χ4v) is 2.02. The predicted octanol–water partition coefficient (Wildman–Crippen LogP) is -1.33. The lowest BCUT2D eigenvalue weighted by Crippen LogP contribution is -2.63. The summed E-state index contributed by atoms with van der Waals surface area (Å²) in [4.78, 5) is 0. The van der Waals surface area contributed by atoms with Crippen molar-refractivity contribution >= 4 is 5.69 Å². The van der Waals surface area contributed by atoms with Crippen LogP contribution in [0.5, 0.6) is 5.75 Å². The number of hydrogen-bond acceptors (Lipinski definition) is 5. The topological polar surface area (TPSA) is 104 Å². The summed E-state index contributed by atoms with van der Waals surface area (Å²) in [6, 6.07) is 2.93. The first-order valence-electron chi connectivity index (χ1n) is 4.89. The molecule has 0 saturated heterocycles. The van der Waals surface area contributed by atoms with Gasteiger partial charge < -0.3 is 5.73 Å². The number of halogens is 1. The molecule has 0 spiro atoms. The zero-order valence-corrected chi connectivity index (χ0v) is 9.91. The third-order valence-electron chi connectivity index (χ3n) is 2.31. The lowest BCUT2D eigenvalue weighted by molar-refractivity contribution is -1.91. The van der Waals surface area contributed by atoms with Crippen molar-refractivity contribution in [1.82, 2.24) is 0 Å². The van der Waals surface area contributed by atoms with E-state index in [2.05, 4.69) is 4.29 Å². The number of anilines is 1. The van der Waals surface area contributed by atoms with E-state index in [1.807, 2.05) is 13.8 Å². The first-order valence-corrected chi connectivity index (χ1v) is 6.13.